The molecule has 5 nitrogen and oxygen atoms in total. The SMILES string of the molecule is CNc1c(Cl)ncnc1NCC(C)c1nc(C)cs1. The maximum atomic E-state index is 6.00. The molecule has 0 aliphatic carbocycles. The third-order valence-corrected chi connectivity index (χ3v) is 4.17. The number of nitrogens with one attached hydrogen (secondary N) is 2. The van der Waals surface area contributed by atoms with Crippen LogP contribution < -0.4 is 10.6 Å². The summed E-state index contributed by atoms with van der Waals surface area (Å²) in [5, 5.41) is 9.88. The average Bonchev–Trinajstić information content (AvgIpc) is 2.83. The van der Waals surface area contributed by atoms with Crippen molar-refractivity contribution in [2.75, 3.05) is 24.2 Å². The third-order valence-electron chi connectivity index (χ3n) is 2.69. The van der Waals surface area contributed by atoms with Crippen molar-refractivity contribution in [2.24, 2.45) is 0 Å². The Bertz CT molecular complexity index is 557. The number of aromatic nitrogens is 3. The summed E-state index contributed by atoms with van der Waals surface area (Å²) in [6, 6.07) is 0. The summed E-state index contributed by atoms with van der Waals surface area (Å²) in [6.45, 7) is 4.88. The number of hydrogen-bond acceptors (Lipinski definition) is 6. The quantitative estimate of drug-likeness (QED) is 0.830. The van der Waals surface area contributed by atoms with E-state index in [4.69, 9.17) is 11.6 Å². The van der Waals surface area contributed by atoms with Gasteiger partial charge in [-0.2, -0.15) is 0 Å². The first-order valence-corrected chi connectivity index (χ1v) is 7.21. The Morgan fingerprint density at radius 3 is 2.84 bits per heavy atom. The standard InChI is InChI=1S/C12H16ClN5S/c1-7(12-18-8(2)5-19-12)4-15-11-9(14-3)10(13)16-6-17-11/h5-7,14H,4H2,1-3H3,(H,15,16,17). The van der Waals surface area contributed by atoms with E-state index in [1.54, 1.807) is 18.4 Å². The van der Waals surface area contributed by atoms with E-state index in [-0.39, 0.29) is 0 Å². The van der Waals surface area contributed by atoms with Crippen LogP contribution in [0, 0.1) is 6.92 Å². The molecule has 0 saturated heterocycles. The molecule has 1 unspecified atom stereocenters. The first-order chi connectivity index (χ1) is 9.11. The molecule has 7 heteroatoms. The summed E-state index contributed by atoms with van der Waals surface area (Å²) >= 11 is 7.68. The predicted molar refractivity (Wildman–Crippen MR) is 80.3 cm³/mol. The van der Waals surface area contributed by atoms with Gasteiger partial charge in [0.1, 0.15) is 12.0 Å². The monoisotopic (exact) mass is 297 g/mol. The Kier molecular flexibility index (Phi) is 4.55. The second-order valence-corrected chi connectivity index (χ2v) is 5.49. The van der Waals surface area contributed by atoms with Crippen molar-refractivity contribution in [1.29, 1.82) is 0 Å². The Morgan fingerprint density at radius 1 is 1.42 bits per heavy atom. The lowest BCUT2D eigenvalue weighted by Crippen LogP contribution is -2.12. The molecule has 1 atom stereocenters. The number of nitrogens with zero attached hydrogens (tertiary/aromatic N) is 3. The minimum absolute atomic E-state index is 0.317. The number of anilines is 2. The number of thiazole rings is 1. The van der Waals surface area contributed by atoms with Gasteiger partial charge < -0.3 is 10.6 Å². The smallest absolute Gasteiger partial charge is 0.157 e. The van der Waals surface area contributed by atoms with Crippen molar-refractivity contribution in [3.63, 3.8) is 0 Å². The highest BCUT2D eigenvalue weighted by molar-refractivity contribution is 7.09. The Balaban J connectivity index is 2.04. The number of hydrogen-bond donors (Lipinski definition) is 2. The molecule has 2 aromatic rings. The lowest BCUT2D eigenvalue weighted by molar-refractivity contribution is 0.788. The molecule has 102 valence electrons. The van der Waals surface area contributed by atoms with Crippen LogP contribution in [0.5, 0.6) is 0 Å². The Hall–Kier alpha value is -1.40. The van der Waals surface area contributed by atoms with E-state index in [2.05, 4.69) is 37.9 Å². The van der Waals surface area contributed by atoms with Gasteiger partial charge in [0, 0.05) is 30.6 Å². The Morgan fingerprint density at radius 2 is 2.21 bits per heavy atom. The molecule has 0 fully saturated rings. The van der Waals surface area contributed by atoms with Crippen molar-refractivity contribution in [1.82, 2.24) is 15.0 Å². The van der Waals surface area contributed by atoms with Crippen LogP contribution in [0.2, 0.25) is 5.15 Å². The highest BCUT2D eigenvalue weighted by atomic mass is 35.5. The molecule has 0 amide bonds. The molecule has 19 heavy (non-hydrogen) atoms. The summed E-state index contributed by atoms with van der Waals surface area (Å²) in [7, 11) is 1.80. The largest absolute Gasteiger partial charge is 0.383 e. The lowest BCUT2D eigenvalue weighted by atomic mass is 10.2. The summed E-state index contributed by atoms with van der Waals surface area (Å²) in [5.74, 6) is 1.03. The average molecular weight is 298 g/mol. The van der Waals surface area contributed by atoms with Crippen molar-refractivity contribution < 1.29 is 0 Å². The molecule has 2 N–H and O–H groups in total. The maximum Gasteiger partial charge on any atom is 0.157 e. The molecule has 2 rings (SSSR count). The fraction of sp³-hybridized carbons (Fsp3) is 0.417. The van der Waals surface area contributed by atoms with Gasteiger partial charge in [-0.15, -0.1) is 11.3 Å². The molecule has 2 heterocycles. The Labute approximate surface area is 121 Å². The molecular weight excluding hydrogens is 282 g/mol. The summed E-state index contributed by atoms with van der Waals surface area (Å²) in [5.41, 5.74) is 1.78. The van der Waals surface area contributed by atoms with E-state index in [0.29, 0.717) is 22.6 Å². The van der Waals surface area contributed by atoms with Gasteiger partial charge in [0.05, 0.1) is 5.01 Å². The number of rotatable bonds is 5. The van der Waals surface area contributed by atoms with Crippen LogP contribution in [-0.4, -0.2) is 28.5 Å². The predicted octanol–water partition coefficient (Wildman–Crippen LogP) is 3.15. The fourth-order valence-corrected chi connectivity index (χ4v) is 2.74. The molecule has 0 aliphatic heterocycles. The zero-order valence-corrected chi connectivity index (χ0v) is 12.6. The topological polar surface area (TPSA) is 62.7 Å². The fourth-order valence-electron chi connectivity index (χ4n) is 1.66. The van der Waals surface area contributed by atoms with Crippen LogP contribution in [0.3, 0.4) is 0 Å². The zero-order chi connectivity index (χ0) is 13.8. The van der Waals surface area contributed by atoms with E-state index >= 15 is 0 Å². The summed E-state index contributed by atoms with van der Waals surface area (Å²) in [6.07, 6.45) is 1.45. The second-order valence-electron chi connectivity index (χ2n) is 4.25. The molecule has 2 aromatic heterocycles. The molecule has 0 radical (unpaired) electrons. The van der Waals surface area contributed by atoms with Crippen molar-refractivity contribution in [3.05, 3.63) is 27.6 Å². The third kappa shape index (κ3) is 3.33. The highest BCUT2D eigenvalue weighted by Gasteiger charge is 2.12. The summed E-state index contributed by atoms with van der Waals surface area (Å²) in [4.78, 5) is 12.6. The van der Waals surface area contributed by atoms with Crippen LogP contribution in [0.25, 0.3) is 0 Å². The summed E-state index contributed by atoms with van der Waals surface area (Å²) < 4.78 is 0. The normalized spacial score (nSPS) is 12.2. The van der Waals surface area contributed by atoms with Gasteiger partial charge >= 0.3 is 0 Å². The number of halogens is 1. The number of aryl methyl sites for hydroxylation is 1. The highest BCUT2D eigenvalue weighted by Crippen LogP contribution is 2.26. The van der Waals surface area contributed by atoms with Gasteiger partial charge in [-0.05, 0) is 6.92 Å². The van der Waals surface area contributed by atoms with Gasteiger partial charge in [-0.1, -0.05) is 18.5 Å². The zero-order valence-electron chi connectivity index (χ0n) is 11.1. The van der Waals surface area contributed by atoms with Crippen LogP contribution in [0.1, 0.15) is 23.5 Å². The van der Waals surface area contributed by atoms with E-state index < -0.39 is 0 Å². The van der Waals surface area contributed by atoms with Gasteiger partial charge in [-0.3, -0.25) is 0 Å². The van der Waals surface area contributed by atoms with Gasteiger partial charge in [0.25, 0.3) is 0 Å². The first kappa shape index (κ1) is 14.0. The van der Waals surface area contributed by atoms with Crippen LogP contribution in [0.4, 0.5) is 11.5 Å². The first-order valence-electron chi connectivity index (χ1n) is 5.96. The van der Waals surface area contributed by atoms with Gasteiger partial charge in [-0.25, -0.2) is 15.0 Å². The van der Waals surface area contributed by atoms with Crippen molar-refractivity contribution in [3.8, 4) is 0 Å². The second kappa shape index (κ2) is 6.16. The van der Waals surface area contributed by atoms with Crippen LogP contribution in [0.15, 0.2) is 11.7 Å². The van der Waals surface area contributed by atoms with Crippen molar-refractivity contribution in [2.45, 2.75) is 19.8 Å². The molecule has 0 bridgehead atoms. The van der Waals surface area contributed by atoms with Crippen molar-refractivity contribution >= 4 is 34.4 Å². The van der Waals surface area contributed by atoms with E-state index in [1.165, 1.54) is 6.33 Å². The molecule has 0 saturated carbocycles. The molecule has 0 aromatic carbocycles. The molecular formula is C12H16ClN5S. The van der Waals surface area contributed by atoms with Crippen LogP contribution in [-0.2, 0) is 0 Å². The minimum Gasteiger partial charge on any atom is -0.383 e. The molecule has 0 spiro atoms. The van der Waals surface area contributed by atoms with E-state index in [0.717, 1.165) is 17.2 Å². The maximum absolute atomic E-state index is 6.00. The van der Waals surface area contributed by atoms with Gasteiger partial charge in [0.15, 0.2) is 11.0 Å². The van der Waals surface area contributed by atoms with Gasteiger partial charge in [0.2, 0.25) is 0 Å². The van der Waals surface area contributed by atoms with Crippen LogP contribution >= 0.6 is 22.9 Å². The lowest BCUT2D eigenvalue weighted by Gasteiger charge is -2.13. The molecule has 0 aliphatic rings. The minimum atomic E-state index is 0.317. The van der Waals surface area contributed by atoms with E-state index in [9.17, 15) is 0 Å². The van der Waals surface area contributed by atoms with E-state index in [1.807, 2.05) is 6.92 Å².